The summed E-state index contributed by atoms with van der Waals surface area (Å²) in [4.78, 5) is 15.5. The van der Waals surface area contributed by atoms with Crippen molar-refractivity contribution in [2.24, 2.45) is 0 Å². The molecule has 0 spiro atoms. The zero-order valence-corrected chi connectivity index (χ0v) is 17.8. The summed E-state index contributed by atoms with van der Waals surface area (Å²) in [5.41, 5.74) is -0.382. The number of anilines is 1. The van der Waals surface area contributed by atoms with Crippen LogP contribution in [0.5, 0.6) is 17.2 Å². The van der Waals surface area contributed by atoms with Gasteiger partial charge in [-0.15, -0.1) is 11.8 Å². The molecule has 3 rings (SSSR count). The highest BCUT2D eigenvalue weighted by atomic mass is 32.2. The summed E-state index contributed by atoms with van der Waals surface area (Å²) >= 11 is 1.45. The van der Waals surface area contributed by atoms with Gasteiger partial charge >= 0.3 is 6.18 Å². The quantitative estimate of drug-likeness (QED) is 0.648. The molecular weight excluding hydrogens is 419 g/mol. The second-order valence-electron chi connectivity index (χ2n) is 6.76. The fraction of sp³-hybridized carbons (Fsp3) is 0.381. The van der Waals surface area contributed by atoms with E-state index in [0.717, 1.165) is 12.1 Å². The number of nitrogens with zero attached hydrogens (tertiary/aromatic N) is 1. The van der Waals surface area contributed by atoms with E-state index in [0.29, 0.717) is 22.8 Å². The number of methoxy groups -OCH3 is 3. The van der Waals surface area contributed by atoms with Crippen LogP contribution in [0.1, 0.15) is 29.3 Å². The summed E-state index contributed by atoms with van der Waals surface area (Å²) in [5, 5.41) is 0.144. The second kappa shape index (κ2) is 8.67. The average molecular weight is 441 g/mol. The van der Waals surface area contributed by atoms with Crippen molar-refractivity contribution < 1.29 is 32.2 Å². The molecule has 30 heavy (non-hydrogen) atoms. The highest BCUT2D eigenvalue weighted by molar-refractivity contribution is 8.00. The molecular formula is C21H22F3NO4S. The minimum absolute atomic E-state index is 0.144. The van der Waals surface area contributed by atoms with Crippen LogP contribution in [0.4, 0.5) is 18.9 Å². The number of thioether (sulfide) groups is 1. The monoisotopic (exact) mass is 441 g/mol. The summed E-state index contributed by atoms with van der Waals surface area (Å²) < 4.78 is 55.9. The number of hydrogen-bond donors (Lipinski definition) is 0. The average Bonchev–Trinajstić information content (AvgIpc) is 2.89. The van der Waals surface area contributed by atoms with Gasteiger partial charge in [-0.3, -0.25) is 4.79 Å². The van der Waals surface area contributed by atoms with Crippen LogP contribution >= 0.6 is 11.8 Å². The number of rotatable bonds is 4. The highest BCUT2D eigenvalue weighted by Crippen LogP contribution is 2.43. The molecule has 0 saturated carbocycles. The Hall–Kier alpha value is -2.55. The molecule has 0 N–H and O–H groups in total. The smallest absolute Gasteiger partial charge is 0.416 e. The normalized spacial score (nSPS) is 16.5. The zero-order chi connectivity index (χ0) is 22.1. The number of hydrogen-bond acceptors (Lipinski definition) is 5. The summed E-state index contributed by atoms with van der Waals surface area (Å²) in [6.45, 7) is 2.26. The SMILES string of the molecule is COc1cc(OC)c(C(=O)N2CCC(C)Sc3ccc(C(F)(F)F)cc32)cc1OC. The molecule has 2 aromatic rings. The number of benzene rings is 2. The first-order chi connectivity index (χ1) is 14.2. The van der Waals surface area contributed by atoms with Crippen molar-refractivity contribution >= 4 is 23.4 Å². The number of carbonyl (C=O) groups is 1. The summed E-state index contributed by atoms with van der Waals surface area (Å²) in [5.74, 6) is 0.480. The van der Waals surface area contributed by atoms with Gasteiger partial charge in [-0.25, -0.2) is 0 Å². The van der Waals surface area contributed by atoms with E-state index < -0.39 is 17.6 Å². The van der Waals surface area contributed by atoms with Gasteiger partial charge in [0.15, 0.2) is 11.5 Å². The Bertz CT molecular complexity index is 949. The van der Waals surface area contributed by atoms with Gasteiger partial charge < -0.3 is 19.1 Å². The number of halogens is 3. The molecule has 1 amide bonds. The fourth-order valence-electron chi connectivity index (χ4n) is 3.26. The summed E-state index contributed by atoms with van der Waals surface area (Å²) in [7, 11) is 4.31. The number of ether oxygens (including phenoxy) is 3. The predicted molar refractivity (Wildman–Crippen MR) is 109 cm³/mol. The Labute approximate surface area is 177 Å². The molecule has 0 radical (unpaired) electrons. The van der Waals surface area contributed by atoms with E-state index in [2.05, 4.69) is 0 Å². The first kappa shape index (κ1) is 22.1. The van der Waals surface area contributed by atoms with Crippen molar-refractivity contribution in [1.29, 1.82) is 0 Å². The lowest BCUT2D eigenvalue weighted by molar-refractivity contribution is -0.137. The van der Waals surface area contributed by atoms with Crippen molar-refractivity contribution in [2.75, 3.05) is 32.8 Å². The van der Waals surface area contributed by atoms with Crippen LogP contribution in [0.15, 0.2) is 35.2 Å². The maximum Gasteiger partial charge on any atom is 0.416 e. The van der Waals surface area contributed by atoms with E-state index in [1.807, 2.05) is 6.92 Å². The van der Waals surface area contributed by atoms with Gasteiger partial charge in [-0.05, 0) is 24.6 Å². The Morgan fingerprint density at radius 1 is 1.03 bits per heavy atom. The molecule has 1 aliphatic heterocycles. The van der Waals surface area contributed by atoms with Gasteiger partial charge in [0.25, 0.3) is 5.91 Å². The van der Waals surface area contributed by atoms with Gasteiger partial charge in [-0.2, -0.15) is 13.2 Å². The van der Waals surface area contributed by atoms with Crippen molar-refractivity contribution in [1.82, 2.24) is 0 Å². The number of amides is 1. The van der Waals surface area contributed by atoms with E-state index in [1.54, 1.807) is 0 Å². The standard InChI is InChI=1S/C21H22F3NO4S/c1-12-7-8-25(15-9-13(21(22,23)24)5-6-19(15)30-12)20(26)14-10-17(28-3)18(29-4)11-16(14)27-2/h5-6,9-12H,7-8H2,1-4H3. The third-order valence-electron chi connectivity index (χ3n) is 4.85. The van der Waals surface area contributed by atoms with Crippen LogP contribution in [0.2, 0.25) is 0 Å². The summed E-state index contributed by atoms with van der Waals surface area (Å²) in [6.07, 6.45) is -3.88. The summed E-state index contributed by atoms with van der Waals surface area (Å²) in [6, 6.07) is 6.51. The molecule has 5 nitrogen and oxygen atoms in total. The molecule has 0 saturated heterocycles. The van der Waals surface area contributed by atoms with E-state index >= 15 is 0 Å². The number of fused-ring (bicyclic) bond motifs is 1. The lowest BCUT2D eigenvalue weighted by Gasteiger charge is -2.25. The van der Waals surface area contributed by atoms with Crippen LogP contribution in [0, 0.1) is 0 Å². The fourth-order valence-corrected chi connectivity index (χ4v) is 4.36. The van der Waals surface area contributed by atoms with E-state index in [-0.39, 0.29) is 28.8 Å². The molecule has 2 aromatic carbocycles. The van der Waals surface area contributed by atoms with Gasteiger partial charge in [0.2, 0.25) is 0 Å². The van der Waals surface area contributed by atoms with Crippen molar-refractivity contribution in [3.63, 3.8) is 0 Å². The third-order valence-corrected chi connectivity index (χ3v) is 6.08. The molecule has 0 aliphatic carbocycles. The van der Waals surface area contributed by atoms with Gasteiger partial charge in [-0.1, -0.05) is 6.92 Å². The van der Waals surface area contributed by atoms with Crippen LogP contribution in [-0.2, 0) is 6.18 Å². The molecule has 1 aliphatic rings. The number of carbonyl (C=O) groups excluding carboxylic acids is 1. The first-order valence-corrected chi connectivity index (χ1v) is 10.1. The molecule has 0 fully saturated rings. The third kappa shape index (κ3) is 4.30. The minimum Gasteiger partial charge on any atom is -0.496 e. The first-order valence-electron chi connectivity index (χ1n) is 9.19. The second-order valence-corrected chi connectivity index (χ2v) is 8.24. The Kier molecular flexibility index (Phi) is 6.40. The van der Waals surface area contributed by atoms with Crippen molar-refractivity contribution in [2.45, 2.75) is 29.7 Å². The zero-order valence-electron chi connectivity index (χ0n) is 17.0. The molecule has 1 atom stereocenters. The van der Waals surface area contributed by atoms with E-state index in [1.165, 1.54) is 56.2 Å². The molecule has 1 unspecified atom stereocenters. The van der Waals surface area contributed by atoms with E-state index in [4.69, 9.17) is 14.2 Å². The van der Waals surface area contributed by atoms with Crippen LogP contribution < -0.4 is 19.1 Å². The van der Waals surface area contributed by atoms with E-state index in [9.17, 15) is 18.0 Å². The lowest BCUT2D eigenvalue weighted by Crippen LogP contribution is -2.32. The van der Waals surface area contributed by atoms with Crippen LogP contribution in [0.25, 0.3) is 0 Å². The molecule has 0 bridgehead atoms. The van der Waals surface area contributed by atoms with Gasteiger partial charge in [0.1, 0.15) is 5.75 Å². The number of alkyl halides is 3. The Morgan fingerprint density at radius 2 is 1.67 bits per heavy atom. The predicted octanol–water partition coefficient (Wildman–Crippen LogP) is 5.26. The van der Waals surface area contributed by atoms with Crippen LogP contribution in [-0.4, -0.2) is 39.0 Å². The van der Waals surface area contributed by atoms with Crippen molar-refractivity contribution in [3.8, 4) is 17.2 Å². The molecule has 9 heteroatoms. The van der Waals surface area contributed by atoms with Crippen LogP contribution in [0.3, 0.4) is 0 Å². The van der Waals surface area contributed by atoms with Gasteiger partial charge in [0.05, 0.1) is 38.1 Å². The maximum atomic E-state index is 13.5. The largest absolute Gasteiger partial charge is 0.496 e. The molecule has 0 aromatic heterocycles. The van der Waals surface area contributed by atoms with Gasteiger partial charge in [0, 0.05) is 28.8 Å². The molecule has 1 heterocycles. The highest BCUT2D eigenvalue weighted by Gasteiger charge is 2.34. The molecule has 162 valence electrons. The van der Waals surface area contributed by atoms with Crippen molar-refractivity contribution in [3.05, 3.63) is 41.5 Å². The topological polar surface area (TPSA) is 48.0 Å². The Morgan fingerprint density at radius 3 is 2.27 bits per heavy atom. The Balaban J connectivity index is 2.13. The minimum atomic E-state index is -4.51. The maximum absolute atomic E-state index is 13.5. The lowest BCUT2D eigenvalue weighted by atomic mass is 10.1.